The smallest absolute Gasteiger partial charge is 0.330 e. The number of carbonyl (C=O) groups is 3. The van der Waals surface area contributed by atoms with Crippen molar-refractivity contribution in [2.45, 2.75) is 154 Å². The predicted molar refractivity (Wildman–Crippen MR) is 146 cm³/mol. The van der Waals surface area contributed by atoms with Crippen molar-refractivity contribution in [2.24, 2.45) is 5.92 Å². The second-order valence-corrected chi connectivity index (χ2v) is 10.3. The summed E-state index contributed by atoms with van der Waals surface area (Å²) in [5, 5.41) is 17.5. The van der Waals surface area contributed by atoms with Crippen molar-refractivity contribution in [3.05, 3.63) is 12.7 Å². The van der Waals surface area contributed by atoms with Gasteiger partial charge in [0.25, 0.3) is 0 Å². The van der Waals surface area contributed by atoms with Gasteiger partial charge in [0.1, 0.15) is 6.10 Å². The minimum absolute atomic E-state index is 0.161. The van der Waals surface area contributed by atoms with Crippen molar-refractivity contribution in [3.63, 3.8) is 0 Å². The van der Waals surface area contributed by atoms with Gasteiger partial charge in [-0.05, 0) is 32.1 Å². The van der Waals surface area contributed by atoms with Crippen LogP contribution in [0, 0.1) is 5.92 Å². The van der Waals surface area contributed by atoms with E-state index < -0.39 is 17.9 Å². The Balaban J connectivity index is 0.000000595. The molecule has 6 heteroatoms. The van der Waals surface area contributed by atoms with Crippen LogP contribution in [0.2, 0.25) is 0 Å². The largest absolute Gasteiger partial charge is 0.481 e. The van der Waals surface area contributed by atoms with E-state index in [0.29, 0.717) is 6.42 Å². The minimum Gasteiger partial charge on any atom is -0.481 e. The van der Waals surface area contributed by atoms with Crippen LogP contribution in [0.3, 0.4) is 0 Å². The average Bonchev–Trinajstić information content (AvgIpc) is 2.89. The standard InChI is InChI=1S/C15H28O4.C9H14O2.C6H12/c1-2-3-4-5-6-7-8-9-10-11-13(15(18)19)12-14(16)17;1-2-9(10)11-8-6-4-3-5-7-8;1-2-4-6-5-3-1/h13H,2-12H2,1H3,(H,16,17)(H,18,19);2,8H,1,3-7H2;1-6H2. The summed E-state index contributed by atoms with van der Waals surface area (Å²) in [6.07, 6.45) is 27.0. The third-order valence-corrected chi connectivity index (χ3v) is 6.93. The van der Waals surface area contributed by atoms with Crippen LogP contribution in [0.4, 0.5) is 0 Å². The summed E-state index contributed by atoms with van der Waals surface area (Å²) in [6, 6.07) is 0. The van der Waals surface area contributed by atoms with Gasteiger partial charge >= 0.3 is 17.9 Å². The number of hydrogen-bond acceptors (Lipinski definition) is 4. The highest BCUT2D eigenvalue weighted by Crippen LogP contribution is 2.20. The Morgan fingerprint density at radius 1 is 0.778 bits per heavy atom. The lowest BCUT2D eigenvalue weighted by Crippen LogP contribution is -2.19. The molecular formula is C30H54O6. The Hall–Kier alpha value is -1.85. The van der Waals surface area contributed by atoms with Gasteiger partial charge in [0, 0.05) is 6.08 Å². The number of esters is 1. The Morgan fingerprint density at radius 2 is 1.22 bits per heavy atom. The number of carboxylic acids is 2. The summed E-state index contributed by atoms with van der Waals surface area (Å²) in [5.41, 5.74) is 0. The molecule has 2 aliphatic carbocycles. The molecule has 2 aliphatic rings. The Labute approximate surface area is 220 Å². The fourth-order valence-corrected chi connectivity index (χ4v) is 4.68. The molecular weight excluding hydrogens is 456 g/mol. The SMILES string of the molecule is C1CCCCC1.C=CC(=O)OC1CCCCC1.CCCCCCCCCCCC(CC(=O)O)C(=O)O. The van der Waals surface area contributed by atoms with Crippen LogP contribution in [0.1, 0.15) is 148 Å². The number of rotatable bonds is 15. The predicted octanol–water partition coefficient (Wildman–Crippen LogP) is 8.47. The molecule has 2 saturated carbocycles. The molecule has 0 saturated heterocycles. The molecule has 1 unspecified atom stereocenters. The van der Waals surface area contributed by atoms with E-state index in [1.54, 1.807) is 0 Å². The summed E-state index contributed by atoms with van der Waals surface area (Å²) < 4.78 is 5.08. The summed E-state index contributed by atoms with van der Waals surface area (Å²) in [4.78, 5) is 32.1. The molecule has 36 heavy (non-hydrogen) atoms. The van der Waals surface area contributed by atoms with Crippen LogP contribution in [0.15, 0.2) is 12.7 Å². The van der Waals surface area contributed by atoms with Crippen LogP contribution in [-0.4, -0.2) is 34.2 Å². The highest BCUT2D eigenvalue weighted by molar-refractivity contribution is 5.81. The van der Waals surface area contributed by atoms with E-state index in [9.17, 15) is 14.4 Å². The number of aliphatic carboxylic acids is 2. The first kappa shape index (κ1) is 34.1. The quantitative estimate of drug-likeness (QED) is 0.130. The second kappa shape index (κ2) is 24.8. The molecule has 210 valence electrons. The number of hydrogen-bond donors (Lipinski definition) is 2. The Bertz CT molecular complexity index is 552. The van der Waals surface area contributed by atoms with E-state index in [1.807, 2.05) is 0 Å². The van der Waals surface area contributed by atoms with E-state index in [4.69, 9.17) is 14.9 Å². The van der Waals surface area contributed by atoms with Crippen molar-refractivity contribution in [1.82, 2.24) is 0 Å². The lowest BCUT2D eigenvalue weighted by Gasteiger charge is -2.20. The van der Waals surface area contributed by atoms with E-state index in [-0.39, 0.29) is 18.5 Å². The maximum absolute atomic E-state index is 10.8. The van der Waals surface area contributed by atoms with Gasteiger partial charge in [0.05, 0.1) is 12.3 Å². The number of carboxylic acid groups (broad SMARTS) is 2. The van der Waals surface area contributed by atoms with Gasteiger partial charge in [0.2, 0.25) is 0 Å². The molecule has 0 aromatic carbocycles. The van der Waals surface area contributed by atoms with Crippen LogP contribution in [-0.2, 0) is 19.1 Å². The third kappa shape index (κ3) is 22.6. The van der Waals surface area contributed by atoms with E-state index in [2.05, 4.69) is 13.5 Å². The fourth-order valence-electron chi connectivity index (χ4n) is 4.68. The molecule has 0 aliphatic heterocycles. The van der Waals surface area contributed by atoms with Crippen LogP contribution in [0.25, 0.3) is 0 Å². The Kier molecular flexibility index (Phi) is 23.6. The number of carbonyl (C=O) groups excluding carboxylic acids is 1. The van der Waals surface area contributed by atoms with E-state index >= 15 is 0 Å². The second-order valence-electron chi connectivity index (χ2n) is 10.3. The zero-order valence-electron chi connectivity index (χ0n) is 23.0. The van der Waals surface area contributed by atoms with Crippen molar-refractivity contribution in [1.29, 1.82) is 0 Å². The van der Waals surface area contributed by atoms with Crippen LogP contribution < -0.4 is 0 Å². The highest BCUT2D eigenvalue weighted by atomic mass is 16.5. The lowest BCUT2D eigenvalue weighted by atomic mass is 9.97. The molecule has 0 aromatic heterocycles. The summed E-state index contributed by atoms with van der Waals surface area (Å²) in [7, 11) is 0. The van der Waals surface area contributed by atoms with Crippen molar-refractivity contribution >= 4 is 17.9 Å². The van der Waals surface area contributed by atoms with Gasteiger partial charge in [-0.2, -0.15) is 0 Å². The highest BCUT2D eigenvalue weighted by Gasteiger charge is 2.20. The molecule has 6 nitrogen and oxygen atoms in total. The monoisotopic (exact) mass is 510 g/mol. The lowest BCUT2D eigenvalue weighted by molar-refractivity contribution is -0.148. The molecule has 0 amide bonds. The summed E-state index contributed by atoms with van der Waals surface area (Å²) in [6.45, 7) is 5.56. The first-order valence-corrected chi connectivity index (χ1v) is 14.7. The average molecular weight is 511 g/mol. The molecule has 0 spiro atoms. The molecule has 2 N–H and O–H groups in total. The zero-order chi connectivity index (χ0) is 26.9. The molecule has 1 atom stereocenters. The van der Waals surface area contributed by atoms with Crippen LogP contribution >= 0.6 is 0 Å². The molecule has 0 radical (unpaired) electrons. The summed E-state index contributed by atoms with van der Waals surface area (Å²) in [5.74, 6) is -3.01. The van der Waals surface area contributed by atoms with Gasteiger partial charge in [-0.1, -0.05) is 116 Å². The minimum atomic E-state index is -1.02. The molecule has 0 heterocycles. The van der Waals surface area contributed by atoms with Crippen molar-refractivity contribution in [2.75, 3.05) is 0 Å². The molecule has 2 rings (SSSR count). The first-order chi connectivity index (χ1) is 17.4. The number of unbranched alkanes of at least 4 members (excludes halogenated alkanes) is 8. The van der Waals surface area contributed by atoms with Gasteiger partial charge < -0.3 is 14.9 Å². The van der Waals surface area contributed by atoms with E-state index in [1.165, 1.54) is 102 Å². The van der Waals surface area contributed by atoms with Crippen molar-refractivity contribution < 1.29 is 29.3 Å². The first-order valence-electron chi connectivity index (χ1n) is 14.7. The van der Waals surface area contributed by atoms with Crippen molar-refractivity contribution in [3.8, 4) is 0 Å². The Morgan fingerprint density at radius 3 is 1.64 bits per heavy atom. The fraction of sp³-hybridized carbons (Fsp3) is 0.833. The molecule has 0 bridgehead atoms. The van der Waals surface area contributed by atoms with Crippen LogP contribution in [0.5, 0.6) is 0 Å². The zero-order valence-corrected chi connectivity index (χ0v) is 23.0. The normalized spacial score (nSPS) is 16.4. The van der Waals surface area contributed by atoms with Gasteiger partial charge in [-0.15, -0.1) is 0 Å². The van der Waals surface area contributed by atoms with Gasteiger partial charge in [-0.3, -0.25) is 9.59 Å². The van der Waals surface area contributed by atoms with Gasteiger partial charge in [-0.25, -0.2) is 4.79 Å². The summed E-state index contributed by atoms with van der Waals surface area (Å²) >= 11 is 0. The molecule has 2 fully saturated rings. The maximum atomic E-state index is 10.8. The maximum Gasteiger partial charge on any atom is 0.330 e. The van der Waals surface area contributed by atoms with E-state index in [0.717, 1.165) is 32.1 Å². The topological polar surface area (TPSA) is 101 Å². The van der Waals surface area contributed by atoms with Gasteiger partial charge in [0.15, 0.2) is 0 Å². The molecule has 0 aromatic rings. The number of ether oxygens (including phenoxy) is 1. The third-order valence-electron chi connectivity index (χ3n) is 6.93.